The van der Waals surface area contributed by atoms with Crippen LogP contribution in [0.15, 0.2) is 78.2 Å². The highest BCUT2D eigenvalue weighted by Gasteiger charge is 2.51. The Bertz CT molecular complexity index is 1660. The van der Waals surface area contributed by atoms with E-state index >= 15 is 0 Å². The quantitative estimate of drug-likeness (QED) is 0.116. The topological polar surface area (TPSA) is 122 Å². The van der Waals surface area contributed by atoms with Crippen molar-refractivity contribution >= 4 is 41.2 Å². The van der Waals surface area contributed by atoms with Gasteiger partial charge in [-0.3, -0.25) is 19.6 Å². The number of rotatable bonds is 9. The zero-order valence-electron chi connectivity index (χ0n) is 25.2. The van der Waals surface area contributed by atoms with E-state index in [0.717, 1.165) is 46.4 Å². The van der Waals surface area contributed by atoms with Crippen LogP contribution < -0.4 is 16.5 Å². The van der Waals surface area contributed by atoms with Crippen LogP contribution in [0.2, 0.25) is 10.0 Å². The molecular formula is C35H36Cl2N6O2. The average molecular weight is 644 g/mol. The fraction of sp³-hybridized carbons (Fsp3) is 0.286. The third kappa shape index (κ3) is 7.59. The van der Waals surface area contributed by atoms with Crippen molar-refractivity contribution in [2.45, 2.75) is 57.4 Å². The summed E-state index contributed by atoms with van der Waals surface area (Å²) < 4.78 is 0. The lowest BCUT2D eigenvalue weighted by molar-refractivity contribution is -0.123. The van der Waals surface area contributed by atoms with E-state index in [1.165, 1.54) is 36.9 Å². The van der Waals surface area contributed by atoms with Gasteiger partial charge < -0.3 is 11.1 Å². The minimum atomic E-state index is -0.592. The number of aromatic nitrogens is 2. The van der Waals surface area contributed by atoms with Gasteiger partial charge in [0.25, 0.3) is 0 Å². The van der Waals surface area contributed by atoms with Crippen LogP contribution in [0.1, 0.15) is 59.3 Å². The summed E-state index contributed by atoms with van der Waals surface area (Å²) in [6.45, 7) is 2.40. The maximum Gasteiger partial charge on any atom is 0.230 e. The summed E-state index contributed by atoms with van der Waals surface area (Å²) in [4.78, 5) is 32.6. The Morgan fingerprint density at radius 1 is 1.02 bits per heavy atom. The van der Waals surface area contributed by atoms with Crippen LogP contribution in [-0.4, -0.2) is 34.5 Å². The number of hydrazone groups is 1. The third-order valence-corrected chi connectivity index (χ3v) is 8.96. The third-order valence-electron chi connectivity index (χ3n) is 8.33. The van der Waals surface area contributed by atoms with Gasteiger partial charge in [-0.15, -0.1) is 0 Å². The molecule has 0 bridgehead atoms. The molecule has 45 heavy (non-hydrogen) atoms. The number of halogens is 2. The zero-order chi connectivity index (χ0) is 31.8. The number of benzene rings is 2. The number of fused-ring (bicyclic) bond motifs is 1. The minimum absolute atomic E-state index is 0.0513. The summed E-state index contributed by atoms with van der Waals surface area (Å²) in [6, 6.07) is 19.2. The van der Waals surface area contributed by atoms with Gasteiger partial charge >= 0.3 is 0 Å². The SMILES string of the molecule is Cc1ccc(C2(C(=O)NCc3ccc(-c4c(Cl)cccc4Cl)cn3)CC2)cc1/C(CN)=N\NC=O.c1cnc2c(c1)CCCC2. The first kappa shape index (κ1) is 32.3. The normalized spacial score (nSPS) is 14.8. The molecule has 1 fully saturated rings. The van der Waals surface area contributed by atoms with Crippen molar-refractivity contribution in [1.29, 1.82) is 0 Å². The lowest BCUT2D eigenvalue weighted by Crippen LogP contribution is -2.34. The van der Waals surface area contributed by atoms with Gasteiger partial charge in [-0.25, -0.2) is 5.43 Å². The highest BCUT2D eigenvalue weighted by Crippen LogP contribution is 2.49. The number of aryl methyl sites for hydroxylation is 3. The van der Waals surface area contributed by atoms with Crippen molar-refractivity contribution in [3.8, 4) is 11.1 Å². The van der Waals surface area contributed by atoms with E-state index in [4.69, 9.17) is 28.9 Å². The highest BCUT2D eigenvalue weighted by atomic mass is 35.5. The van der Waals surface area contributed by atoms with Gasteiger partial charge in [0, 0.05) is 51.4 Å². The number of hydrogen-bond acceptors (Lipinski definition) is 6. The summed E-state index contributed by atoms with van der Waals surface area (Å²) in [5, 5.41) is 8.18. The van der Waals surface area contributed by atoms with E-state index in [1.807, 2.05) is 49.5 Å². The van der Waals surface area contributed by atoms with Crippen LogP contribution >= 0.6 is 23.2 Å². The first-order chi connectivity index (χ1) is 21.9. The molecule has 0 unspecified atom stereocenters. The molecule has 10 heteroatoms. The average Bonchev–Trinajstić information content (AvgIpc) is 3.88. The lowest BCUT2D eigenvalue weighted by Gasteiger charge is -2.18. The van der Waals surface area contributed by atoms with E-state index in [0.29, 0.717) is 28.7 Å². The number of nitrogens with zero attached hydrogens (tertiary/aromatic N) is 3. The predicted molar refractivity (Wildman–Crippen MR) is 179 cm³/mol. The van der Waals surface area contributed by atoms with E-state index in [-0.39, 0.29) is 12.5 Å². The maximum absolute atomic E-state index is 13.2. The van der Waals surface area contributed by atoms with Gasteiger partial charge in [-0.1, -0.05) is 53.5 Å². The predicted octanol–water partition coefficient (Wildman–Crippen LogP) is 6.08. The standard InChI is InChI=1S/C26H25Cl2N5O2.C9H11N/c1-16-5-7-18(11-20(16)23(12-29)33-32-15-34)26(9-10-26)25(35)31-14-19-8-6-17(13-30-19)24-21(27)3-2-4-22(24)28;1-2-6-9-8(4-1)5-3-7-10-9/h2-8,11,13,15H,9-10,12,14,29H2,1H3,(H,31,35)(H,32,34);3,5,7H,1-2,4,6H2/b33-23-;. The fourth-order valence-electron chi connectivity index (χ4n) is 5.65. The molecule has 0 atom stereocenters. The van der Waals surface area contributed by atoms with Crippen molar-refractivity contribution in [3.05, 3.63) is 117 Å². The molecule has 1 saturated carbocycles. The number of carbonyl (C=O) groups is 2. The molecule has 0 spiro atoms. The van der Waals surface area contributed by atoms with Crippen molar-refractivity contribution in [1.82, 2.24) is 20.7 Å². The summed E-state index contributed by atoms with van der Waals surface area (Å²) >= 11 is 12.6. The second-order valence-electron chi connectivity index (χ2n) is 11.3. The Hall–Kier alpha value is -4.11. The second-order valence-corrected chi connectivity index (χ2v) is 12.1. The van der Waals surface area contributed by atoms with Crippen molar-refractivity contribution in [2.75, 3.05) is 6.54 Å². The van der Waals surface area contributed by atoms with E-state index in [9.17, 15) is 9.59 Å². The Balaban J connectivity index is 0.000000336. The molecule has 8 nitrogen and oxygen atoms in total. The Labute approximate surface area is 273 Å². The van der Waals surface area contributed by atoms with E-state index in [1.54, 1.807) is 24.4 Å². The maximum atomic E-state index is 13.2. The number of hydrogen-bond donors (Lipinski definition) is 3. The monoisotopic (exact) mass is 642 g/mol. The lowest BCUT2D eigenvalue weighted by atomic mass is 9.90. The minimum Gasteiger partial charge on any atom is -0.350 e. The summed E-state index contributed by atoms with van der Waals surface area (Å²) in [6.07, 6.45) is 10.7. The van der Waals surface area contributed by atoms with Gasteiger partial charge in [-0.05, 0) is 92.5 Å². The van der Waals surface area contributed by atoms with Crippen molar-refractivity contribution in [2.24, 2.45) is 10.8 Å². The molecule has 2 aromatic heterocycles. The molecule has 2 aliphatic carbocycles. The van der Waals surface area contributed by atoms with Crippen LogP contribution in [0.25, 0.3) is 11.1 Å². The van der Waals surface area contributed by atoms with Gasteiger partial charge in [0.05, 0.1) is 23.4 Å². The second kappa shape index (κ2) is 14.8. The fourth-order valence-corrected chi connectivity index (χ4v) is 6.26. The number of carbonyl (C=O) groups excluding carboxylic acids is 2. The molecule has 4 N–H and O–H groups in total. The Kier molecular flexibility index (Phi) is 10.6. The van der Waals surface area contributed by atoms with Crippen LogP contribution in [0.3, 0.4) is 0 Å². The van der Waals surface area contributed by atoms with Gasteiger partial charge in [-0.2, -0.15) is 5.10 Å². The molecule has 232 valence electrons. The molecule has 6 rings (SSSR count). The molecule has 2 amide bonds. The van der Waals surface area contributed by atoms with Crippen molar-refractivity contribution < 1.29 is 9.59 Å². The molecule has 2 heterocycles. The van der Waals surface area contributed by atoms with Gasteiger partial charge in [0.2, 0.25) is 12.3 Å². The molecule has 0 radical (unpaired) electrons. The summed E-state index contributed by atoms with van der Waals surface area (Å²) in [7, 11) is 0. The molecule has 2 aromatic carbocycles. The number of pyridine rings is 2. The van der Waals surface area contributed by atoms with Gasteiger partial charge in [0.1, 0.15) is 0 Å². The molecule has 2 aliphatic rings. The molecule has 0 aliphatic heterocycles. The molecular weight excluding hydrogens is 607 g/mol. The molecule has 0 saturated heterocycles. The van der Waals surface area contributed by atoms with Gasteiger partial charge in [0.15, 0.2) is 0 Å². The largest absolute Gasteiger partial charge is 0.350 e. The van der Waals surface area contributed by atoms with Crippen LogP contribution in [-0.2, 0) is 34.4 Å². The highest BCUT2D eigenvalue weighted by molar-refractivity contribution is 6.39. The number of nitrogens with two attached hydrogens (primary N) is 1. The van der Waals surface area contributed by atoms with E-state index < -0.39 is 5.41 Å². The van der Waals surface area contributed by atoms with Crippen LogP contribution in [0.4, 0.5) is 0 Å². The summed E-state index contributed by atoms with van der Waals surface area (Å²) in [5.41, 5.74) is 15.8. The van der Waals surface area contributed by atoms with Crippen molar-refractivity contribution in [3.63, 3.8) is 0 Å². The number of nitrogens with one attached hydrogen (secondary N) is 2. The van der Waals surface area contributed by atoms with Crippen LogP contribution in [0.5, 0.6) is 0 Å². The Morgan fingerprint density at radius 2 is 1.80 bits per heavy atom. The first-order valence-electron chi connectivity index (χ1n) is 15.0. The number of amides is 2. The summed E-state index contributed by atoms with van der Waals surface area (Å²) in [5.74, 6) is -0.0513. The van der Waals surface area contributed by atoms with E-state index in [2.05, 4.69) is 31.9 Å². The molecule has 4 aromatic rings. The van der Waals surface area contributed by atoms with Crippen LogP contribution in [0, 0.1) is 6.92 Å². The smallest absolute Gasteiger partial charge is 0.230 e. The first-order valence-corrected chi connectivity index (χ1v) is 15.8. The zero-order valence-corrected chi connectivity index (χ0v) is 26.7. The Morgan fingerprint density at radius 3 is 2.47 bits per heavy atom.